The minimum atomic E-state index is -0.0957. The van der Waals surface area contributed by atoms with Crippen molar-refractivity contribution < 1.29 is 5.11 Å². The molecule has 1 saturated heterocycles. The lowest BCUT2D eigenvalue weighted by molar-refractivity contribution is 0.133. The van der Waals surface area contributed by atoms with Crippen LogP contribution in [-0.4, -0.2) is 29.3 Å². The molecule has 0 bridgehead atoms. The maximum absolute atomic E-state index is 9.99. The smallest absolute Gasteiger partial charge is 0.137 e. The van der Waals surface area contributed by atoms with Gasteiger partial charge in [-0.05, 0) is 36.3 Å². The summed E-state index contributed by atoms with van der Waals surface area (Å²) in [6.07, 6.45) is 3.96. The zero-order valence-electron chi connectivity index (χ0n) is 10.1. The topological polar surface area (TPSA) is 36.4 Å². The van der Waals surface area contributed by atoms with E-state index in [-0.39, 0.29) is 6.10 Å². The number of fused-ring (bicyclic) bond motifs is 2. The predicted molar refractivity (Wildman–Crippen MR) is 74.1 cm³/mol. The van der Waals surface area contributed by atoms with Crippen molar-refractivity contribution in [3.63, 3.8) is 0 Å². The van der Waals surface area contributed by atoms with Crippen molar-refractivity contribution in [3.8, 4) is 0 Å². The van der Waals surface area contributed by atoms with Crippen molar-refractivity contribution >= 4 is 27.2 Å². The monoisotopic (exact) mass is 260 g/mol. The highest BCUT2D eigenvalue weighted by Gasteiger charge is 2.42. The largest absolute Gasteiger partial charge is 0.393 e. The molecule has 94 valence electrons. The minimum absolute atomic E-state index is 0.0957. The summed E-state index contributed by atoms with van der Waals surface area (Å²) in [5, 5.41) is 13.4. The van der Waals surface area contributed by atoms with Gasteiger partial charge in [0.2, 0.25) is 0 Å². The molecule has 2 aromatic rings. The van der Waals surface area contributed by atoms with Crippen molar-refractivity contribution in [2.24, 2.45) is 11.8 Å². The van der Waals surface area contributed by atoms with E-state index in [9.17, 15) is 5.11 Å². The summed E-state index contributed by atoms with van der Waals surface area (Å²) in [6, 6.07) is 4.24. The molecule has 2 fully saturated rings. The molecule has 1 saturated carbocycles. The number of pyridine rings is 1. The molecule has 0 aromatic carbocycles. The summed E-state index contributed by atoms with van der Waals surface area (Å²) in [5.74, 6) is 2.23. The van der Waals surface area contributed by atoms with Gasteiger partial charge in [0.05, 0.1) is 6.10 Å². The molecule has 18 heavy (non-hydrogen) atoms. The Bertz CT molecular complexity index is 582. The van der Waals surface area contributed by atoms with Gasteiger partial charge in [-0.25, -0.2) is 4.98 Å². The first-order valence-electron chi connectivity index (χ1n) is 6.58. The highest BCUT2D eigenvalue weighted by Crippen LogP contribution is 2.41. The standard InChI is InChI=1S/C14H16N2OS/c17-12-2-1-9-7-16(8-11(9)12)14-10-4-6-18-13(10)3-5-15-14/h3-6,9,11-12,17H,1-2,7-8H2. The van der Waals surface area contributed by atoms with Crippen LogP contribution in [0.1, 0.15) is 12.8 Å². The third kappa shape index (κ3) is 1.49. The van der Waals surface area contributed by atoms with Crippen LogP contribution in [0.25, 0.3) is 10.1 Å². The second kappa shape index (κ2) is 3.93. The summed E-state index contributed by atoms with van der Waals surface area (Å²) < 4.78 is 1.30. The average molecular weight is 260 g/mol. The van der Waals surface area contributed by atoms with E-state index < -0.39 is 0 Å². The zero-order valence-corrected chi connectivity index (χ0v) is 10.9. The lowest BCUT2D eigenvalue weighted by Crippen LogP contribution is -2.25. The van der Waals surface area contributed by atoms with Crippen molar-refractivity contribution in [2.45, 2.75) is 18.9 Å². The fourth-order valence-electron chi connectivity index (χ4n) is 3.54. The molecule has 2 aromatic heterocycles. The van der Waals surface area contributed by atoms with Crippen LogP contribution in [0.2, 0.25) is 0 Å². The van der Waals surface area contributed by atoms with Crippen LogP contribution >= 0.6 is 11.3 Å². The lowest BCUT2D eigenvalue weighted by Gasteiger charge is -2.20. The normalized spacial score (nSPS) is 31.2. The van der Waals surface area contributed by atoms with E-state index in [0.717, 1.165) is 25.3 Å². The quantitative estimate of drug-likeness (QED) is 0.856. The summed E-state index contributed by atoms with van der Waals surface area (Å²) in [5.41, 5.74) is 0. The number of aromatic nitrogens is 1. The molecule has 1 aliphatic carbocycles. The second-order valence-corrected chi connectivity index (χ2v) is 6.39. The van der Waals surface area contributed by atoms with Crippen LogP contribution in [0.15, 0.2) is 23.7 Å². The maximum atomic E-state index is 9.99. The summed E-state index contributed by atoms with van der Waals surface area (Å²) in [4.78, 5) is 6.93. The molecule has 1 N–H and O–H groups in total. The second-order valence-electron chi connectivity index (χ2n) is 5.44. The molecule has 3 unspecified atom stereocenters. The SMILES string of the molecule is OC1CCC2CN(c3nccc4sccc34)CC12. The van der Waals surface area contributed by atoms with Crippen LogP contribution in [0, 0.1) is 11.8 Å². The number of rotatable bonds is 1. The summed E-state index contributed by atoms with van der Waals surface area (Å²) in [6.45, 7) is 2.03. The summed E-state index contributed by atoms with van der Waals surface area (Å²) >= 11 is 1.77. The van der Waals surface area contributed by atoms with E-state index in [2.05, 4.69) is 27.4 Å². The molecular formula is C14H16N2OS. The predicted octanol–water partition coefficient (Wildman–Crippen LogP) is 2.50. The van der Waals surface area contributed by atoms with Gasteiger partial charge in [-0.15, -0.1) is 11.3 Å². The molecule has 3 heterocycles. The number of hydrogen-bond donors (Lipinski definition) is 1. The first-order valence-corrected chi connectivity index (χ1v) is 7.46. The van der Waals surface area contributed by atoms with Crippen LogP contribution < -0.4 is 4.90 Å². The first-order chi connectivity index (χ1) is 8.83. The Labute approximate surface area is 110 Å². The Hall–Kier alpha value is -1.13. The molecule has 3 nitrogen and oxygen atoms in total. The highest BCUT2D eigenvalue weighted by atomic mass is 32.1. The Morgan fingerprint density at radius 2 is 2.22 bits per heavy atom. The fourth-order valence-corrected chi connectivity index (χ4v) is 4.32. The molecule has 3 atom stereocenters. The van der Waals surface area contributed by atoms with Gasteiger partial charge in [0, 0.05) is 35.3 Å². The van der Waals surface area contributed by atoms with Gasteiger partial charge >= 0.3 is 0 Å². The van der Waals surface area contributed by atoms with Gasteiger partial charge in [0.15, 0.2) is 0 Å². The van der Waals surface area contributed by atoms with Gasteiger partial charge in [0.1, 0.15) is 5.82 Å². The van der Waals surface area contributed by atoms with Gasteiger partial charge in [-0.3, -0.25) is 0 Å². The minimum Gasteiger partial charge on any atom is -0.393 e. The zero-order chi connectivity index (χ0) is 12.1. The van der Waals surface area contributed by atoms with Gasteiger partial charge in [-0.2, -0.15) is 0 Å². The highest BCUT2D eigenvalue weighted by molar-refractivity contribution is 7.17. The number of anilines is 1. The third-order valence-corrected chi connectivity index (χ3v) is 5.36. The van der Waals surface area contributed by atoms with Crippen LogP contribution in [-0.2, 0) is 0 Å². The first kappa shape index (κ1) is 10.8. The Morgan fingerprint density at radius 3 is 3.11 bits per heavy atom. The van der Waals surface area contributed by atoms with Crippen molar-refractivity contribution in [1.82, 2.24) is 4.98 Å². The van der Waals surface area contributed by atoms with E-state index >= 15 is 0 Å². The van der Waals surface area contributed by atoms with Crippen LogP contribution in [0.5, 0.6) is 0 Å². The van der Waals surface area contributed by atoms with Gasteiger partial charge in [-0.1, -0.05) is 0 Å². The molecule has 2 aliphatic rings. The van der Waals surface area contributed by atoms with Crippen LogP contribution in [0.4, 0.5) is 5.82 Å². The summed E-state index contributed by atoms with van der Waals surface area (Å²) in [7, 11) is 0. The van der Waals surface area contributed by atoms with Crippen LogP contribution in [0.3, 0.4) is 0 Å². The van der Waals surface area contributed by atoms with E-state index in [1.807, 2.05) is 6.20 Å². The third-order valence-electron chi connectivity index (χ3n) is 4.48. The number of hydrogen-bond acceptors (Lipinski definition) is 4. The average Bonchev–Trinajstić information content (AvgIpc) is 3.06. The molecule has 0 radical (unpaired) electrons. The molecule has 4 rings (SSSR count). The van der Waals surface area contributed by atoms with Crippen molar-refractivity contribution in [1.29, 1.82) is 0 Å². The van der Waals surface area contributed by atoms with E-state index in [4.69, 9.17) is 0 Å². The van der Waals surface area contributed by atoms with Gasteiger partial charge in [0.25, 0.3) is 0 Å². The fraction of sp³-hybridized carbons (Fsp3) is 0.500. The van der Waals surface area contributed by atoms with E-state index in [0.29, 0.717) is 11.8 Å². The molecule has 0 amide bonds. The lowest BCUT2D eigenvalue weighted by atomic mass is 10.00. The van der Waals surface area contributed by atoms with E-state index in [1.165, 1.54) is 16.5 Å². The molecule has 0 spiro atoms. The molecular weight excluding hydrogens is 244 g/mol. The molecule has 4 heteroatoms. The number of thiophene rings is 1. The number of nitrogens with zero attached hydrogens (tertiary/aromatic N) is 2. The molecule has 1 aliphatic heterocycles. The van der Waals surface area contributed by atoms with Crippen molar-refractivity contribution in [3.05, 3.63) is 23.7 Å². The van der Waals surface area contributed by atoms with Crippen molar-refractivity contribution in [2.75, 3.05) is 18.0 Å². The Balaban J connectivity index is 1.70. The van der Waals surface area contributed by atoms with Gasteiger partial charge < -0.3 is 10.0 Å². The Kier molecular flexibility index (Phi) is 2.35. The number of aliphatic hydroxyl groups is 1. The van der Waals surface area contributed by atoms with E-state index in [1.54, 1.807) is 11.3 Å². The maximum Gasteiger partial charge on any atom is 0.137 e. The Morgan fingerprint density at radius 1 is 1.28 bits per heavy atom. The number of aliphatic hydroxyl groups excluding tert-OH is 1.